The van der Waals surface area contributed by atoms with Gasteiger partial charge in [0.2, 0.25) is 5.91 Å². The maximum Gasteiger partial charge on any atom is 0.306 e. The molecule has 0 aliphatic heterocycles. The van der Waals surface area contributed by atoms with Gasteiger partial charge in [-0.1, -0.05) is 59.8 Å². The second kappa shape index (κ2) is 11.9. The van der Waals surface area contributed by atoms with E-state index < -0.39 is 5.97 Å². The first-order valence-corrected chi connectivity index (χ1v) is 11.2. The number of carbonyl (C=O) groups excluding carboxylic acids is 3. The summed E-state index contributed by atoms with van der Waals surface area (Å²) in [5, 5.41) is 2.83. The van der Waals surface area contributed by atoms with Crippen LogP contribution in [-0.2, 0) is 14.3 Å². The van der Waals surface area contributed by atoms with Crippen molar-refractivity contribution in [2.24, 2.45) is 0 Å². The van der Waals surface area contributed by atoms with E-state index in [4.69, 9.17) is 4.74 Å². The number of Topliss-reactive ketones (excluding diaryl/α,β-unsaturated/α-hetero) is 1. The number of ketones is 1. The fraction of sp³-hybridized carbons (Fsp3) is 0.192. The van der Waals surface area contributed by atoms with Gasteiger partial charge < -0.3 is 10.1 Å². The van der Waals surface area contributed by atoms with Crippen molar-refractivity contribution >= 4 is 35.1 Å². The number of nitrogens with one attached hydrogen (secondary N) is 1. The highest BCUT2D eigenvalue weighted by Crippen LogP contribution is 2.28. The molecule has 1 amide bonds. The van der Waals surface area contributed by atoms with Crippen molar-refractivity contribution in [3.05, 3.63) is 90.0 Å². The predicted octanol–water partition coefficient (Wildman–Crippen LogP) is 5.68. The van der Waals surface area contributed by atoms with E-state index in [9.17, 15) is 14.4 Å². The number of rotatable bonds is 10. The lowest BCUT2D eigenvalue weighted by atomic mass is 10.1. The Morgan fingerprint density at radius 1 is 0.812 bits per heavy atom. The summed E-state index contributed by atoms with van der Waals surface area (Å²) in [5.41, 5.74) is 2.43. The summed E-state index contributed by atoms with van der Waals surface area (Å²) in [5.74, 6) is -0.905. The summed E-state index contributed by atoms with van der Waals surface area (Å²) < 4.78 is 5.00. The van der Waals surface area contributed by atoms with Gasteiger partial charge in [0.25, 0.3) is 0 Å². The molecule has 0 radical (unpaired) electrons. The van der Waals surface area contributed by atoms with Gasteiger partial charge in [0.1, 0.15) is 0 Å². The van der Waals surface area contributed by atoms with Gasteiger partial charge in [-0.15, -0.1) is 0 Å². The summed E-state index contributed by atoms with van der Waals surface area (Å²) >= 11 is 1.66. The topological polar surface area (TPSA) is 72.5 Å². The van der Waals surface area contributed by atoms with Crippen LogP contribution in [0.15, 0.2) is 88.7 Å². The summed E-state index contributed by atoms with van der Waals surface area (Å²) in [6.45, 7) is 1.77. The Kier molecular flexibility index (Phi) is 8.63. The smallest absolute Gasteiger partial charge is 0.306 e. The normalized spacial score (nSPS) is 10.4. The third kappa shape index (κ3) is 7.71. The first-order valence-electron chi connectivity index (χ1n) is 10.4. The van der Waals surface area contributed by atoms with Crippen LogP contribution in [0.3, 0.4) is 0 Å². The molecule has 1 N–H and O–H groups in total. The van der Waals surface area contributed by atoms with Gasteiger partial charge in [-0.05, 0) is 49.7 Å². The molecule has 3 aromatic carbocycles. The van der Waals surface area contributed by atoms with Crippen LogP contribution in [0, 0.1) is 6.92 Å². The zero-order chi connectivity index (χ0) is 22.8. The van der Waals surface area contributed by atoms with Crippen molar-refractivity contribution in [2.45, 2.75) is 36.0 Å². The van der Waals surface area contributed by atoms with E-state index in [1.807, 2.05) is 30.3 Å². The zero-order valence-corrected chi connectivity index (χ0v) is 18.7. The van der Waals surface area contributed by atoms with Gasteiger partial charge >= 0.3 is 5.97 Å². The van der Waals surface area contributed by atoms with Crippen LogP contribution in [0.4, 0.5) is 5.69 Å². The fourth-order valence-corrected chi connectivity index (χ4v) is 3.71. The van der Waals surface area contributed by atoms with Crippen LogP contribution < -0.4 is 5.32 Å². The summed E-state index contributed by atoms with van der Waals surface area (Å²) in [4.78, 5) is 38.1. The lowest BCUT2D eigenvalue weighted by Crippen LogP contribution is -2.15. The monoisotopic (exact) mass is 447 g/mol. The summed E-state index contributed by atoms with van der Waals surface area (Å²) in [6.07, 6.45) is 0.634. The van der Waals surface area contributed by atoms with E-state index in [0.29, 0.717) is 17.7 Å². The Morgan fingerprint density at radius 2 is 1.44 bits per heavy atom. The molecule has 0 bridgehead atoms. The van der Waals surface area contributed by atoms with Crippen molar-refractivity contribution in [2.75, 3.05) is 11.9 Å². The van der Waals surface area contributed by atoms with E-state index in [2.05, 4.69) is 36.5 Å². The van der Waals surface area contributed by atoms with Gasteiger partial charge in [0.05, 0.1) is 0 Å². The number of anilines is 1. The molecule has 0 saturated heterocycles. The average molecular weight is 448 g/mol. The van der Waals surface area contributed by atoms with Gasteiger partial charge in [-0.3, -0.25) is 14.4 Å². The van der Waals surface area contributed by atoms with Crippen LogP contribution in [-0.4, -0.2) is 24.3 Å². The molecule has 0 aliphatic carbocycles. The molecule has 0 aliphatic rings. The van der Waals surface area contributed by atoms with Crippen molar-refractivity contribution in [3.63, 3.8) is 0 Å². The molecular formula is C26H25NO4S. The number of amides is 1. The molecule has 0 atom stereocenters. The summed E-state index contributed by atoms with van der Waals surface area (Å²) in [7, 11) is 0. The molecule has 32 heavy (non-hydrogen) atoms. The predicted molar refractivity (Wildman–Crippen MR) is 126 cm³/mol. The van der Waals surface area contributed by atoms with Gasteiger partial charge in [0.15, 0.2) is 12.4 Å². The standard InChI is InChI=1S/C26H25NO4S/c1-19-10-14-22(15-11-19)32-23-16-12-21(13-17-23)27-25(29)8-5-9-26(30)31-18-24(28)20-6-3-2-4-7-20/h2-4,6-7,10-17H,5,8-9,18H2,1H3,(H,27,29). The van der Waals surface area contributed by atoms with Gasteiger partial charge in [0, 0.05) is 33.9 Å². The van der Waals surface area contributed by atoms with E-state index in [1.54, 1.807) is 36.0 Å². The largest absolute Gasteiger partial charge is 0.457 e. The number of hydrogen-bond donors (Lipinski definition) is 1. The molecule has 6 heteroatoms. The highest BCUT2D eigenvalue weighted by Gasteiger charge is 2.11. The van der Waals surface area contributed by atoms with E-state index in [1.165, 1.54) is 5.56 Å². The SMILES string of the molecule is Cc1ccc(Sc2ccc(NC(=O)CCCC(=O)OCC(=O)c3ccccc3)cc2)cc1. The molecule has 0 heterocycles. The molecule has 3 rings (SSSR count). The quantitative estimate of drug-likeness (QED) is 0.320. The molecule has 164 valence electrons. The molecule has 0 fully saturated rings. The molecule has 0 aromatic heterocycles. The average Bonchev–Trinajstić information content (AvgIpc) is 2.81. The number of hydrogen-bond acceptors (Lipinski definition) is 5. The van der Waals surface area contributed by atoms with Gasteiger partial charge in [-0.25, -0.2) is 0 Å². The third-order valence-corrected chi connectivity index (χ3v) is 5.66. The summed E-state index contributed by atoms with van der Waals surface area (Å²) in [6, 6.07) is 24.6. The minimum atomic E-state index is -0.487. The third-order valence-electron chi connectivity index (χ3n) is 4.64. The Labute approximate surface area is 192 Å². The molecule has 3 aromatic rings. The molecule has 5 nitrogen and oxygen atoms in total. The maximum atomic E-state index is 12.1. The highest BCUT2D eigenvalue weighted by atomic mass is 32.2. The number of ether oxygens (including phenoxy) is 1. The lowest BCUT2D eigenvalue weighted by Gasteiger charge is -2.07. The van der Waals surface area contributed by atoms with Crippen LogP contribution in [0.5, 0.6) is 0 Å². The van der Waals surface area contributed by atoms with Crippen LogP contribution in [0.25, 0.3) is 0 Å². The number of benzene rings is 3. The first-order chi connectivity index (χ1) is 15.5. The molecular weight excluding hydrogens is 422 g/mol. The molecule has 0 unspecified atom stereocenters. The fourth-order valence-electron chi connectivity index (χ4n) is 2.89. The zero-order valence-electron chi connectivity index (χ0n) is 17.9. The Bertz CT molecular complexity index is 1050. The maximum absolute atomic E-state index is 12.1. The highest BCUT2D eigenvalue weighted by molar-refractivity contribution is 7.99. The van der Waals surface area contributed by atoms with Crippen molar-refractivity contribution in [3.8, 4) is 0 Å². The van der Waals surface area contributed by atoms with Crippen molar-refractivity contribution in [1.82, 2.24) is 0 Å². The first kappa shape index (κ1) is 23.3. The van der Waals surface area contributed by atoms with Crippen LogP contribution in [0.2, 0.25) is 0 Å². The number of carbonyl (C=O) groups is 3. The second-order valence-corrected chi connectivity index (χ2v) is 8.44. The number of aryl methyl sites for hydroxylation is 1. The Balaban J connectivity index is 1.35. The minimum absolute atomic E-state index is 0.0849. The van der Waals surface area contributed by atoms with Crippen molar-refractivity contribution < 1.29 is 19.1 Å². The number of esters is 1. The second-order valence-electron chi connectivity index (χ2n) is 7.29. The Hall–Kier alpha value is -3.38. The van der Waals surface area contributed by atoms with E-state index in [-0.39, 0.29) is 31.1 Å². The Morgan fingerprint density at radius 3 is 2.09 bits per heavy atom. The molecule has 0 spiro atoms. The van der Waals surface area contributed by atoms with E-state index >= 15 is 0 Å². The molecule has 0 saturated carbocycles. The van der Waals surface area contributed by atoms with Gasteiger partial charge in [-0.2, -0.15) is 0 Å². The van der Waals surface area contributed by atoms with Crippen LogP contribution in [0.1, 0.15) is 35.2 Å². The van der Waals surface area contributed by atoms with Crippen LogP contribution >= 0.6 is 11.8 Å². The van der Waals surface area contributed by atoms with E-state index in [0.717, 1.165) is 9.79 Å². The minimum Gasteiger partial charge on any atom is -0.457 e. The lowest BCUT2D eigenvalue weighted by molar-refractivity contribution is -0.142. The van der Waals surface area contributed by atoms with Crippen molar-refractivity contribution in [1.29, 1.82) is 0 Å².